The van der Waals surface area contributed by atoms with Crippen molar-refractivity contribution < 1.29 is 9.13 Å². The van der Waals surface area contributed by atoms with Crippen molar-refractivity contribution in [2.24, 2.45) is 0 Å². The van der Waals surface area contributed by atoms with Crippen molar-refractivity contribution in [2.45, 2.75) is 110 Å². The number of hydrogen-bond donors (Lipinski definition) is 0. The van der Waals surface area contributed by atoms with Crippen LogP contribution in [-0.2, 0) is 6.42 Å². The Hall–Kier alpha value is -2.75. The maximum atomic E-state index is 14.1. The van der Waals surface area contributed by atoms with Gasteiger partial charge in [0.05, 0.1) is 0 Å². The zero-order chi connectivity index (χ0) is 26.8. The summed E-state index contributed by atoms with van der Waals surface area (Å²) in [4.78, 5) is 9.17. The average molecular weight is 519 g/mol. The fourth-order valence-electron chi connectivity index (χ4n) is 4.72. The van der Waals surface area contributed by atoms with E-state index < -0.39 is 6.17 Å². The number of benzene rings is 2. The first-order valence-electron chi connectivity index (χ1n) is 15.0. The number of hydrogen-bond acceptors (Lipinski definition) is 3. The van der Waals surface area contributed by atoms with Crippen molar-refractivity contribution in [1.82, 2.24) is 9.97 Å². The summed E-state index contributed by atoms with van der Waals surface area (Å²) in [5.41, 5.74) is 4.46. The highest BCUT2D eigenvalue weighted by Gasteiger charge is 2.09. The molecule has 1 unspecified atom stereocenters. The molecule has 1 heterocycles. The molecular formula is C34H47FN2O. The van der Waals surface area contributed by atoms with Gasteiger partial charge in [-0.1, -0.05) is 109 Å². The van der Waals surface area contributed by atoms with Gasteiger partial charge in [-0.2, -0.15) is 0 Å². The standard InChI is InChI=1S/C34H47FN2O/c1-3-5-7-9-10-12-13-15-28-17-19-29(20-18-28)31-25-36-34(37-26-31)30-21-23-33(24-22-30)38-27-32(35)16-14-11-8-6-4-2/h17-26,32H,3-16,27H2,1-2H3. The molecule has 0 saturated heterocycles. The van der Waals surface area contributed by atoms with Crippen LogP contribution in [0.15, 0.2) is 60.9 Å². The molecule has 0 radical (unpaired) electrons. The zero-order valence-corrected chi connectivity index (χ0v) is 23.6. The van der Waals surface area contributed by atoms with Gasteiger partial charge in [-0.15, -0.1) is 0 Å². The Kier molecular flexibility index (Phi) is 13.9. The molecule has 2 aromatic carbocycles. The Labute approximate surface area is 230 Å². The molecule has 0 bridgehead atoms. The van der Waals surface area contributed by atoms with Crippen LogP contribution in [0.4, 0.5) is 4.39 Å². The largest absolute Gasteiger partial charge is 0.491 e. The molecule has 0 saturated carbocycles. The van der Waals surface area contributed by atoms with Crippen LogP contribution >= 0.6 is 0 Å². The van der Waals surface area contributed by atoms with Gasteiger partial charge in [-0.25, -0.2) is 14.4 Å². The highest BCUT2D eigenvalue weighted by atomic mass is 19.1. The van der Waals surface area contributed by atoms with Gasteiger partial charge < -0.3 is 4.74 Å². The average Bonchev–Trinajstić information content (AvgIpc) is 2.96. The van der Waals surface area contributed by atoms with Gasteiger partial charge in [0, 0.05) is 23.5 Å². The molecule has 206 valence electrons. The van der Waals surface area contributed by atoms with Gasteiger partial charge in [-0.05, 0) is 54.7 Å². The second-order valence-electron chi connectivity index (χ2n) is 10.5. The predicted octanol–water partition coefficient (Wildman–Crippen LogP) is 10.2. The van der Waals surface area contributed by atoms with Crippen LogP contribution in [0.2, 0.25) is 0 Å². The summed E-state index contributed by atoms with van der Waals surface area (Å²) in [5, 5.41) is 0. The minimum absolute atomic E-state index is 0.107. The molecule has 0 aliphatic carbocycles. The summed E-state index contributed by atoms with van der Waals surface area (Å²) in [7, 11) is 0. The molecule has 0 aliphatic heterocycles. The van der Waals surface area contributed by atoms with Crippen molar-refractivity contribution in [3.05, 3.63) is 66.5 Å². The van der Waals surface area contributed by atoms with Gasteiger partial charge in [0.25, 0.3) is 0 Å². The molecule has 1 atom stereocenters. The van der Waals surface area contributed by atoms with E-state index in [-0.39, 0.29) is 6.61 Å². The van der Waals surface area contributed by atoms with E-state index in [0.717, 1.165) is 36.0 Å². The Balaban J connectivity index is 1.41. The van der Waals surface area contributed by atoms with Crippen LogP contribution in [0.25, 0.3) is 22.5 Å². The fraction of sp³-hybridized carbons (Fsp3) is 0.529. The smallest absolute Gasteiger partial charge is 0.159 e. The molecule has 0 aliphatic rings. The molecule has 0 fully saturated rings. The van der Waals surface area contributed by atoms with E-state index in [4.69, 9.17) is 4.74 Å². The van der Waals surface area contributed by atoms with E-state index in [1.807, 2.05) is 36.7 Å². The van der Waals surface area contributed by atoms with Crippen LogP contribution in [0.1, 0.15) is 103 Å². The summed E-state index contributed by atoms with van der Waals surface area (Å²) in [6, 6.07) is 16.4. The lowest BCUT2D eigenvalue weighted by Gasteiger charge is -2.11. The third-order valence-corrected chi connectivity index (χ3v) is 7.17. The monoisotopic (exact) mass is 518 g/mol. The number of ether oxygens (including phenoxy) is 1. The summed E-state index contributed by atoms with van der Waals surface area (Å²) < 4.78 is 19.8. The zero-order valence-electron chi connectivity index (χ0n) is 23.6. The maximum absolute atomic E-state index is 14.1. The number of unbranched alkanes of at least 4 members (excludes halogenated alkanes) is 10. The second kappa shape index (κ2) is 17.7. The SMILES string of the molecule is CCCCCCCCCc1ccc(-c2cnc(-c3ccc(OCC(F)CCCCCCC)cc3)nc2)cc1. The lowest BCUT2D eigenvalue weighted by molar-refractivity contribution is 0.184. The molecule has 4 heteroatoms. The van der Waals surface area contributed by atoms with Crippen LogP contribution in [0.5, 0.6) is 5.75 Å². The molecule has 1 aromatic heterocycles. The Morgan fingerprint density at radius 3 is 1.82 bits per heavy atom. The van der Waals surface area contributed by atoms with Gasteiger partial charge in [0.15, 0.2) is 5.82 Å². The number of alkyl halides is 1. The Morgan fingerprint density at radius 2 is 1.18 bits per heavy atom. The minimum atomic E-state index is -0.915. The van der Waals surface area contributed by atoms with E-state index in [1.165, 1.54) is 69.8 Å². The van der Waals surface area contributed by atoms with E-state index in [1.54, 1.807) is 0 Å². The van der Waals surface area contributed by atoms with Crippen LogP contribution in [0, 0.1) is 0 Å². The van der Waals surface area contributed by atoms with Crippen LogP contribution in [0.3, 0.4) is 0 Å². The molecule has 3 nitrogen and oxygen atoms in total. The van der Waals surface area contributed by atoms with Crippen LogP contribution in [-0.4, -0.2) is 22.7 Å². The van der Waals surface area contributed by atoms with Crippen molar-refractivity contribution in [3.8, 4) is 28.3 Å². The summed E-state index contributed by atoms with van der Waals surface area (Å²) in [6.45, 7) is 4.56. The molecule has 0 N–H and O–H groups in total. The van der Waals surface area contributed by atoms with Gasteiger partial charge in [0.1, 0.15) is 18.5 Å². The van der Waals surface area contributed by atoms with Crippen molar-refractivity contribution in [3.63, 3.8) is 0 Å². The van der Waals surface area contributed by atoms with Crippen molar-refractivity contribution >= 4 is 0 Å². The number of aromatic nitrogens is 2. The molecule has 38 heavy (non-hydrogen) atoms. The van der Waals surface area contributed by atoms with E-state index in [9.17, 15) is 4.39 Å². The quantitative estimate of drug-likeness (QED) is 0.148. The van der Waals surface area contributed by atoms with Gasteiger partial charge in [-0.3, -0.25) is 0 Å². The minimum Gasteiger partial charge on any atom is -0.491 e. The number of aryl methyl sites for hydroxylation is 1. The Morgan fingerprint density at radius 1 is 0.632 bits per heavy atom. The topological polar surface area (TPSA) is 35.0 Å². The molecular weight excluding hydrogens is 471 g/mol. The number of rotatable bonds is 19. The first-order valence-corrected chi connectivity index (χ1v) is 15.0. The highest BCUT2D eigenvalue weighted by Crippen LogP contribution is 2.23. The third kappa shape index (κ3) is 10.9. The third-order valence-electron chi connectivity index (χ3n) is 7.17. The van der Waals surface area contributed by atoms with Crippen LogP contribution < -0.4 is 4.74 Å². The summed E-state index contributed by atoms with van der Waals surface area (Å²) in [5.74, 6) is 1.35. The predicted molar refractivity (Wildman–Crippen MR) is 158 cm³/mol. The van der Waals surface area contributed by atoms with E-state index in [0.29, 0.717) is 18.0 Å². The first kappa shape index (κ1) is 29.8. The molecule has 3 rings (SSSR count). The summed E-state index contributed by atoms with van der Waals surface area (Å²) >= 11 is 0. The van der Waals surface area contributed by atoms with Gasteiger partial charge in [0.2, 0.25) is 0 Å². The fourth-order valence-corrected chi connectivity index (χ4v) is 4.72. The summed E-state index contributed by atoms with van der Waals surface area (Å²) in [6.07, 6.45) is 19.6. The van der Waals surface area contributed by atoms with Gasteiger partial charge >= 0.3 is 0 Å². The number of halogens is 1. The maximum Gasteiger partial charge on any atom is 0.159 e. The lowest BCUT2D eigenvalue weighted by Crippen LogP contribution is -2.12. The molecule has 3 aromatic rings. The Bertz CT molecular complexity index is 1000. The van der Waals surface area contributed by atoms with E-state index in [2.05, 4.69) is 48.1 Å². The lowest BCUT2D eigenvalue weighted by atomic mass is 10.0. The highest BCUT2D eigenvalue weighted by molar-refractivity contribution is 5.64. The normalized spacial score (nSPS) is 12.0. The van der Waals surface area contributed by atoms with Crippen molar-refractivity contribution in [2.75, 3.05) is 6.61 Å². The first-order chi connectivity index (χ1) is 18.7. The molecule has 0 spiro atoms. The molecule has 0 amide bonds. The van der Waals surface area contributed by atoms with E-state index >= 15 is 0 Å². The van der Waals surface area contributed by atoms with Crippen molar-refractivity contribution in [1.29, 1.82) is 0 Å². The number of nitrogens with zero attached hydrogens (tertiary/aromatic N) is 2. The second-order valence-corrected chi connectivity index (χ2v) is 10.5.